The second-order valence-electron chi connectivity index (χ2n) is 1.22. The van der Waals surface area contributed by atoms with Crippen LogP contribution in [0.2, 0.25) is 0 Å². The number of rotatable bonds is 2. The van der Waals surface area contributed by atoms with Gasteiger partial charge in [-0.05, 0) is 0 Å². The molecule has 0 aliphatic heterocycles. The van der Waals surface area contributed by atoms with Gasteiger partial charge < -0.3 is 0 Å². The van der Waals surface area contributed by atoms with Gasteiger partial charge in [0, 0.05) is 0 Å². The van der Waals surface area contributed by atoms with E-state index in [1.165, 1.54) is 6.66 Å². The maximum atomic E-state index is 8.42. The monoisotopic (exact) mass is 124 g/mol. The summed E-state index contributed by atoms with van der Waals surface area (Å²) in [6.07, 6.45) is 1.02. The Bertz CT molecular complexity index is 65.1. The molecule has 0 saturated heterocycles. The third-order valence-electron chi connectivity index (χ3n) is 0.307. The molecule has 0 atom stereocenters. The van der Waals surface area contributed by atoms with Crippen molar-refractivity contribution in [1.29, 1.82) is 0 Å². The van der Waals surface area contributed by atoms with E-state index in [1.54, 1.807) is 0 Å². The average molecular weight is 124 g/mol. The molecule has 0 fully saturated rings. The van der Waals surface area contributed by atoms with Crippen molar-refractivity contribution in [2.24, 2.45) is 0 Å². The molecule has 2 N–H and O–H groups in total. The summed E-state index contributed by atoms with van der Waals surface area (Å²) in [5.41, 5.74) is 0. The molecular weight excluding hydrogens is 115 g/mol. The molecule has 0 aromatic rings. The van der Waals surface area contributed by atoms with E-state index >= 15 is 0 Å². The standard InChI is InChI=1S/C3H9O3P/c1-3-6-7(2,4)5/h3-5,7H,1H2,2H3. The van der Waals surface area contributed by atoms with E-state index in [-0.39, 0.29) is 0 Å². The first-order chi connectivity index (χ1) is 3.06. The van der Waals surface area contributed by atoms with E-state index in [2.05, 4.69) is 11.1 Å². The van der Waals surface area contributed by atoms with Crippen LogP contribution in [-0.2, 0) is 4.52 Å². The third-order valence-corrected chi connectivity index (χ3v) is 0.920. The first-order valence-corrected chi connectivity index (χ1v) is 4.10. The Kier molecular flexibility index (Phi) is 2.23. The molecule has 7 heavy (non-hydrogen) atoms. The SMILES string of the molecule is C=CO[PH](C)(O)O. The van der Waals surface area contributed by atoms with Gasteiger partial charge in [0.1, 0.15) is 0 Å². The van der Waals surface area contributed by atoms with Crippen molar-refractivity contribution in [3.05, 3.63) is 12.8 Å². The summed E-state index contributed by atoms with van der Waals surface area (Å²) in [7, 11) is -3.28. The van der Waals surface area contributed by atoms with Crippen molar-refractivity contribution < 1.29 is 14.3 Å². The molecule has 0 aromatic carbocycles. The summed E-state index contributed by atoms with van der Waals surface area (Å²) in [4.78, 5) is 16.8. The average Bonchev–Trinajstić information content (AvgIpc) is 1.30. The van der Waals surface area contributed by atoms with Crippen LogP contribution in [0.15, 0.2) is 12.8 Å². The predicted molar refractivity (Wildman–Crippen MR) is 30.0 cm³/mol. The third kappa shape index (κ3) is 5.89. The Morgan fingerprint density at radius 3 is 2.14 bits per heavy atom. The molecule has 0 heterocycles. The molecule has 0 bridgehead atoms. The van der Waals surface area contributed by atoms with Crippen LogP contribution in [0.1, 0.15) is 0 Å². The Morgan fingerprint density at radius 2 is 2.14 bits per heavy atom. The second kappa shape index (κ2) is 2.26. The molecular formula is C3H9O3P. The van der Waals surface area contributed by atoms with Crippen LogP contribution in [0, 0.1) is 0 Å². The molecule has 0 amide bonds. The number of hydrogen-bond acceptors (Lipinski definition) is 3. The number of hydrogen-bond donors (Lipinski definition) is 2. The van der Waals surface area contributed by atoms with Crippen LogP contribution in [0.25, 0.3) is 0 Å². The molecule has 0 aliphatic carbocycles. The molecule has 0 saturated carbocycles. The zero-order chi connectivity index (χ0) is 5.91. The normalized spacial score (nSPS) is 13.0. The molecule has 0 aliphatic rings. The van der Waals surface area contributed by atoms with Crippen molar-refractivity contribution in [3.63, 3.8) is 0 Å². The van der Waals surface area contributed by atoms with E-state index in [4.69, 9.17) is 9.79 Å². The summed E-state index contributed by atoms with van der Waals surface area (Å²) in [5.74, 6) is 0. The van der Waals surface area contributed by atoms with Crippen LogP contribution < -0.4 is 0 Å². The summed E-state index contributed by atoms with van der Waals surface area (Å²) in [6.45, 7) is 4.37. The van der Waals surface area contributed by atoms with E-state index in [0.29, 0.717) is 0 Å². The van der Waals surface area contributed by atoms with Gasteiger partial charge in [0.05, 0.1) is 0 Å². The van der Waals surface area contributed by atoms with E-state index in [0.717, 1.165) is 6.26 Å². The van der Waals surface area contributed by atoms with Crippen LogP contribution in [0.3, 0.4) is 0 Å². The van der Waals surface area contributed by atoms with Gasteiger partial charge in [-0.3, -0.25) is 0 Å². The van der Waals surface area contributed by atoms with Crippen molar-refractivity contribution in [2.75, 3.05) is 6.66 Å². The van der Waals surface area contributed by atoms with E-state index < -0.39 is 7.94 Å². The Morgan fingerprint density at radius 1 is 1.71 bits per heavy atom. The summed E-state index contributed by atoms with van der Waals surface area (Å²) in [5, 5.41) is 0. The van der Waals surface area contributed by atoms with E-state index in [9.17, 15) is 0 Å². The van der Waals surface area contributed by atoms with Gasteiger partial charge in [0.15, 0.2) is 0 Å². The van der Waals surface area contributed by atoms with Gasteiger partial charge in [-0.25, -0.2) is 0 Å². The van der Waals surface area contributed by atoms with Crippen molar-refractivity contribution >= 4 is 7.94 Å². The summed E-state index contributed by atoms with van der Waals surface area (Å²) >= 11 is 0. The van der Waals surface area contributed by atoms with Gasteiger partial charge in [-0.1, -0.05) is 0 Å². The van der Waals surface area contributed by atoms with Crippen LogP contribution in [0.5, 0.6) is 0 Å². The van der Waals surface area contributed by atoms with Crippen molar-refractivity contribution in [3.8, 4) is 0 Å². The zero-order valence-corrected chi connectivity index (χ0v) is 5.09. The molecule has 0 spiro atoms. The fourth-order valence-corrected chi connectivity index (χ4v) is 0.474. The van der Waals surface area contributed by atoms with Gasteiger partial charge in [0.25, 0.3) is 0 Å². The Labute approximate surface area is 42.8 Å². The van der Waals surface area contributed by atoms with Crippen LogP contribution >= 0.6 is 7.94 Å². The van der Waals surface area contributed by atoms with Crippen LogP contribution in [0.4, 0.5) is 0 Å². The summed E-state index contributed by atoms with van der Waals surface area (Å²) < 4.78 is 4.24. The van der Waals surface area contributed by atoms with Gasteiger partial charge in [-0.15, -0.1) is 0 Å². The molecule has 0 radical (unpaired) electrons. The van der Waals surface area contributed by atoms with E-state index in [1.807, 2.05) is 0 Å². The fraction of sp³-hybridized carbons (Fsp3) is 0.333. The van der Waals surface area contributed by atoms with Gasteiger partial charge >= 0.3 is 41.8 Å². The minimum absolute atomic E-state index is 1.02. The van der Waals surface area contributed by atoms with Crippen molar-refractivity contribution in [2.45, 2.75) is 0 Å². The second-order valence-corrected chi connectivity index (χ2v) is 3.32. The Balaban J connectivity index is 3.34. The first kappa shape index (κ1) is 6.89. The van der Waals surface area contributed by atoms with Gasteiger partial charge in [0.2, 0.25) is 0 Å². The zero-order valence-electron chi connectivity index (χ0n) is 4.09. The predicted octanol–water partition coefficient (Wildman–Crippen LogP) is 0.256. The van der Waals surface area contributed by atoms with Crippen LogP contribution in [-0.4, -0.2) is 16.5 Å². The minimum atomic E-state index is -3.28. The maximum absolute atomic E-state index is 8.42. The Hall–Kier alpha value is -0.110. The molecule has 0 rings (SSSR count). The topological polar surface area (TPSA) is 49.7 Å². The summed E-state index contributed by atoms with van der Waals surface area (Å²) in [6, 6.07) is 0. The van der Waals surface area contributed by atoms with Crippen molar-refractivity contribution in [1.82, 2.24) is 0 Å². The molecule has 4 heteroatoms. The fourth-order valence-electron chi connectivity index (χ4n) is 0.158. The molecule has 3 nitrogen and oxygen atoms in total. The molecule has 0 aromatic heterocycles. The quantitative estimate of drug-likeness (QED) is 0.410. The first-order valence-electron chi connectivity index (χ1n) is 1.80. The molecule has 0 unspecified atom stereocenters. The van der Waals surface area contributed by atoms with Gasteiger partial charge in [-0.2, -0.15) is 0 Å². The molecule has 44 valence electrons.